The van der Waals surface area contributed by atoms with Gasteiger partial charge in [-0.2, -0.15) is 0 Å². The van der Waals surface area contributed by atoms with Gasteiger partial charge in [-0.1, -0.05) is 30.3 Å². The minimum absolute atomic E-state index is 0.266. The highest BCUT2D eigenvalue weighted by molar-refractivity contribution is 7.10. The average molecular weight is 328 g/mol. The average Bonchev–Trinajstić information content (AvgIpc) is 3.03. The van der Waals surface area contributed by atoms with Crippen LogP contribution in [0.15, 0.2) is 46.8 Å². The Morgan fingerprint density at radius 3 is 2.83 bits per heavy atom. The van der Waals surface area contributed by atoms with Crippen LogP contribution in [0.2, 0.25) is 0 Å². The summed E-state index contributed by atoms with van der Waals surface area (Å²) in [5, 5.41) is 2.20. The lowest BCUT2D eigenvalue weighted by atomic mass is 10.0. The van der Waals surface area contributed by atoms with Crippen molar-refractivity contribution in [3.8, 4) is 0 Å². The molecule has 0 bridgehead atoms. The molecule has 0 fully saturated rings. The van der Waals surface area contributed by atoms with Crippen LogP contribution in [0.4, 0.5) is 0 Å². The largest absolute Gasteiger partial charge is 0.370 e. The minimum Gasteiger partial charge on any atom is -0.370 e. The molecule has 1 aliphatic heterocycles. The van der Waals surface area contributed by atoms with Gasteiger partial charge in [-0.05, 0) is 29.0 Å². The standard InChI is InChI=1S/C18H24N4S/c1-21(2)18(19)20-12-16(14-6-4-3-5-7-14)22-10-8-17-15(13-22)9-11-23-17/h3-7,9,11,16H,8,10,12-13H2,1-2H3,(H2,19,20)/t16-/m0/s1. The molecule has 0 saturated heterocycles. The normalized spacial score (nSPS) is 16.9. The fourth-order valence-electron chi connectivity index (χ4n) is 2.96. The molecular formula is C18H24N4S. The van der Waals surface area contributed by atoms with Crippen molar-refractivity contribution in [2.45, 2.75) is 19.0 Å². The SMILES string of the molecule is CN(C)C(N)=NC[C@@H](c1ccccc1)N1CCc2sccc2C1. The third-order valence-electron chi connectivity index (χ3n) is 4.35. The summed E-state index contributed by atoms with van der Waals surface area (Å²) in [5.41, 5.74) is 8.76. The summed E-state index contributed by atoms with van der Waals surface area (Å²) < 4.78 is 0. The number of thiophene rings is 1. The van der Waals surface area contributed by atoms with Gasteiger partial charge in [-0.3, -0.25) is 9.89 Å². The summed E-state index contributed by atoms with van der Waals surface area (Å²) in [6.07, 6.45) is 1.13. The van der Waals surface area contributed by atoms with E-state index in [0.29, 0.717) is 12.5 Å². The number of fused-ring (bicyclic) bond motifs is 1. The molecule has 2 aromatic rings. The van der Waals surface area contributed by atoms with Crippen molar-refractivity contribution in [3.63, 3.8) is 0 Å². The molecule has 3 rings (SSSR count). The van der Waals surface area contributed by atoms with Crippen LogP contribution in [0, 0.1) is 0 Å². The first-order valence-corrected chi connectivity index (χ1v) is 8.84. The van der Waals surface area contributed by atoms with Crippen LogP contribution in [0.25, 0.3) is 0 Å². The molecule has 1 aromatic heterocycles. The van der Waals surface area contributed by atoms with E-state index in [2.05, 4.69) is 51.7 Å². The molecule has 1 aliphatic rings. The Hall–Kier alpha value is -1.85. The first-order valence-electron chi connectivity index (χ1n) is 7.96. The number of nitrogens with zero attached hydrogens (tertiary/aromatic N) is 3. The van der Waals surface area contributed by atoms with Crippen LogP contribution < -0.4 is 5.73 Å². The van der Waals surface area contributed by atoms with Crippen molar-refractivity contribution >= 4 is 17.3 Å². The first-order chi connectivity index (χ1) is 11.1. The Labute approximate surface area is 142 Å². The lowest BCUT2D eigenvalue weighted by Crippen LogP contribution is -2.36. The lowest BCUT2D eigenvalue weighted by Gasteiger charge is -2.34. The van der Waals surface area contributed by atoms with E-state index in [1.54, 1.807) is 0 Å². The molecule has 5 heteroatoms. The lowest BCUT2D eigenvalue weighted by molar-refractivity contribution is 0.185. The summed E-state index contributed by atoms with van der Waals surface area (Å²) in [6.45, 7) is 2.76. The van der Waals surface area contributed by atoms with Crippen molar-refractivity contribution in [3.05, 3.63) is 57.8 Å². The summed E-state index contributed by atoms with van der Waals surface area (Å²) in [5.74, 6) is 0.583. The second-order valence-electron chi connectivity index (χ2n) is 6.11. The van der Waals surface area contributed by atoms with Gasteiger partial charge in [0.2, 0.25) is 0 Å². The summed E-state index contributed by atoms with van der Waals surface area (Å²) in [4.78, 5) is 10.5. The molecule has 0 saturated carbocycles. The molecule has 0 spiro atoms. The molecule has 0 unspecified atom stereocenters. The van der Waals surface area contributed by atoms with Gasteiger partial charge in [0.25, 0.3) is 0 Å². The Kier molecular flexibility index (Phi) is 4.98. The first kappa shape index (κ1) is 16.0. The predicted octanol–water partition coefficient (Wildman–Crippen LogP) is 2.72. The molecule has 2 N–H and O–H groups in total. The Morgan fingerprint density at radius 2 is 2.09 bits per heavy atom. The van der Waals surface area contributed by atoms with Crippen molar-refractivity contribution in [1.82, 2.24) is 9.80 Å². The van der Waals surface area contributed by atoms with Gasteiger partial charge in [0.1, 0.15) is 0 Å². The van der Waals surface area contributed by atoms with E-state index in [-0.39, 0.29) is 6.04 Å². The summed E-state index contributed by atoms with van der Waals surface area (Å²) in [6, 6.07) is 13.2. The monoisotopic (exact) mass is 328 g/mol. The number of hydrogen-bond donors (Lipinski definition) is 1. The molecule has 23 heavy (non-hydrogen) atoms. The highest BCUT2D eigenvalue weighted by Crippen LogP contribution is 2.30. The molecule has 1 atom stereocenters. The van der Waals surface area contributed by atoms with Crippen molar-refractivity contribution in [1.29, 1.82) is 0 Å². The molecule has 0 aliphatic carbocycles. The zero-order valence-electron chi connectivity index (χ0n) is 13.8. The van der Waals surface area contributed by atoms with Crippen LogP contribution in [-0.2, 0) is 13.0 Å². The maximum absolute atomic E-state index is 5.99. The van der Waals surface area contributed by atoms with Crippen LogP contribution in [-0.4, -0.2) is 42.9 Å². The number of rotatable bonds is 4. The number of hydrogen-bond acceptors (Lipinski definition) is 3. The molecule has 0 radical (unpaired) electrons. The Balaban J connectivity index is 1.83. The maximum Gasteiger partial charge on any atom is 0.190 e. The zero-order chi connectivity index (χ0) is 16.2. The van der Waals surface area contributed by atoms with Crippen LogP contribution in [0.1, 0.15) is 22.0 Å². The fourth-order valence-corrected chi connectivity index (χ4v) is 3.85. The van der Waals surface area contributed by atoms with Gasteiger partial charge in [-0.25, -0.2) is 0 Å². The van der Waals surface area contributed by atoms with Gasteiger partial charge in [0.05, 0.1) is 12.6 Å². The molecular weight excluding hydrogens is 304 g/mol. The second-order valence-corrected chi connectivity index (χ2v) is 7.11. The van der Waals surface area contributed by atoms with Gasteiger partial charge in [0.15, 0.2) is 5.96 Å². The predicted molar refractivity (Wildman–Crippen MR) is 97.8 cm³/mol. The van der Waals surface area contributed by atoms with E-state index in [1.807, 2.05) is 30.3 Å². The van der Waals surface area contributed by atoms with Crippen molar-refractivity contribution in [2.75, 3.05) is 27.2 Å². The number of nitrogens with two attached hydrogens (primary N) is 1. The quantitative estimate of drug-likeness (QED) is 0.693. The van der Waals surface area contributed by atoms with Gasteiger partial charge >= 0.3 is 0 Å². The molecule has 122 valence electrons. The van der Waals surface area contributed by atoms with Gasteiger partial charge < -0.3 is 10.6 Å². The molecule has 0 amide bonds. The number of aliphatic imine (C=N–C) groups is 1. The van der Waals surface area contributed by atoms with Gasteiger partial charge in [-0.15, -0.1) is 11.3 Å². The number of guanidine groups is 1. The van der Waals surface area contributed by atoms with E-state index in [1.165, 1.54) is 16.0 Å². The zero-order valence-corrected chi connectivity index (χ0v) is 14.6. The maximum atomic E-state index is 5.99. The highest BCUT2D eigenvalue weighted by atomic mass is 32.1. The molecule has 2 heterocycles. The smallest absolute Gasteiger partial charge is 0.190 e. The van der Waals surface area contributed by atoms with E-state index < -0.39 is 0 Å². The topological polar surface area (TPSA) is 44.9 Å². The van der Waals surface area contributed by atoms with E-state index in [9.17, 15) is 0 Å². The fraction of sp³-hybridized carbons (Fsp3) is 0.389. The van der Waals surface area contributed by atoms with E-state index in [0.717, 1.165) is 19.5 Å². The van der Waals surface area contributed by atoms with E-state index in [4.69, 9.17) is 5.73 Å². The van der Waals surface area contributed by atoms with Crippen LogP contribution >= 0.6 is 11.3 Å². The third-order valence-corrected chi connectivity index (χ3v) is 5.37. The number of benzene rings is 1. The Morgan fingerprint density at radius 1 is 1.30 bits per heavy atom. The van der Waals surface area contributed by atoms with Crippen molar-refractivity contribution < 1.29 is 0 Å². The third kappa shape index (κ3) is 3.74. The highest BCUT2D eigenvalue weighted by Gasteiger charge is 2.25. The molecule has 4 nitrogen and oxygen atoms in total. The van der Waals surface area contributed by atoms with Crippen molar-refractivity contribution in [2.24, 2.45) is 10.7 Å². The second kappa shape index (κ2) is 7.15. The van der Waals surface area contributed by atoms with Gasteiger partial charge in [0, 0.05) is 32.1 Å². The van der Waals surface area contributed by atoms with Crippen LogP contribution in [0.5, 0.6) is 0 Å². The summed E-state index contributed by atoms with van der Waals surface area (Å²) in [7, 11) is 3.85. The van der Waals surface area contributed by atoms with Crippen LogP contribution in [0.3, 0.4) is 0 Å². The minimum atomic E-state index is 0.266. The molecule has 1 aromatic carbocycles. The Bertz CT molecular complexity index is 663. The summed E-state index contributed by atoms with van der Waals surface area (Å²) >= 11 is 1.88. The van der Waals surface area contributed by atoms with E-state index >= 15 is 0 Å².